The van der Waals surface area contributed by atoms with Gasteiger partial charge in [-0.05, 0) is 27.4 Å². The van der Waals surface area contributed by atoms with Crippen LogP contribution >= 0.6 is 20.7 Å². The van der Waals surface area contributed by atoms with Gasteiger partial charge in [-0.15, -0.1) is 0 Å². The Morgan fingerprint density at radius 2 is 2.08 bits per heavy atom. The normalized spacial score (nSPS) is 14.6. The van der Waals surface area contributed by atoms with Crippen LogP contribution in [0, 0.1) is 3.15 Å². The van der Waals surface area contributed by atoms with Crippen molar-refractivity contribution in [2.24, 2.45) is 0 Å². The van der Waals surface area contributed by atoms with Gasteiger partial charge >= 0.3 is 0 Å². The molecule has 0 saturated carbocycles. The summed E-state index contributed by atoms with van der Waals surface area (Å²) in [6.07, 6.45) is 3.45. The molecule has 0 aromatic heterocycles. The third kappa shape index (κ3) is 1.38. The van der Waals surface area contributed by atoms with Crippen molar-refractivity contribution < 1.29 is 0 Å². The van der Waals surface area contributed by atoms with E-state index in [2.05, 4.69) is 41.3 Å². The van der Waals surface area contributed by atoms with Gasteiger partial charge in [0.05, 0.1) is 0 Å². The minimum atomic E-state index is 0.160. The Labute approximate surface area is 82.4 Å². The number of benzene rings is 1. The summed E-state index contributed by atoms with van der Waals surface area (Å²) in [5, 5.41) is 1.50. The molecule has 0 unspecified atom stereocenters. The first-order chi connectivity index (χ1) is 5.92. The monoisotopic (exact) mass is 270 g/mol. The molecule has 0 atom stereocenters. The fourth-order valence-corrected chi connectivity index (χ4v) is 3.67. The van der Waals surface area contributed by atoms with E-state index in [-0.39, 0.29) is 20.7 Å². The van der Waals surface area contributed by atoms with Crippen molar-refractivity contribution in [1.82, 2.24) is 0 Å². The van der Waals surface area contributed by atoms with E-state index >= 15 is 0 Å². The van der Waals surface area contributed by atoms with E-state index in [9.17, 15) is 0 Å². The van der Waals surface area contributed by atoms with Crippen LogP contribution in [-0.4, -0.2) is 0 Å². The summed E-state index contributed by atoms with van der Waals surface area (Å²) >= 11 is 0.160. The predicted octanol–water partition coefficient (Wildman–Crippen LogP) is 3.00. The number of hydrogen-bond donors (Lipinski definition) is 0. The topological polar surface area (TPSA) is 0 Å². The molecule has 0 bridgehead atoms. The molecule has 0 aliphatic carbocycles. The van der Waals surface area contributed by atoms with Gasteiger partial charge in [0.25, 0.3) is 0 Å². The second-order valence-corrected chi connectivity index (χ2v) is 5.26. The van der Waals surface area contributed by atoms with Crippen LogP contribution in [0.1, 0.15) is 13.3 Å². The highest BCUT2D eigenvalue weighted by Gasteiger charge is 1.95. The first-order valence-electron chi connectivity index (χ1n) is 4.17. The van der Waals surface area contributed by atoms with Gasteiger partial charge in [0.15, 0.2) is 0 Å². The number of allylic oxidation sites excluding steroid dienone is 1. The average molecular weight is 270 g/mol. The van der Waals surface area contributed by atoms with E-state index in [4.69, 9.17) is 0 Å². The lowest BCUT2D eigenvalue weighted by atomic mass is 10.1. The van der Waals surface area contributed by atoms with Gasteiger partial charge in [-0.25, -0.2) is 0 Å². The zero-order valence-electron chi connectivity index (χ0n) is 7.05. The van der Waals surface area contributed by atoms with E-state index < -0.39 is 0 Å². The minimum Gasteiger partial charge on any atom is -0.0850 e. The summed E-state index contributed by atoms with van der Waals surface area (Å²) in [4.78, 5) is 0. The van der Waals surface area contributed by atoms with Gasteiger partial charge in [-0.2, -0.15) is 0 Å². The van der Waals surface area contributed by atoms with Gasteiger partial charge in [0.1, 0.15) is 0 Å². The maximum Gasteiger partial charge on any atom is 0.0152 e. The summed E-state index contributed by atoms with van der Waals surface area (Å²) in [5.41, 5.74) is 1.50. The Balaban J connectivity index is 2.85. The molecule has 1 heteroatoms. The van der Waals surface area contributed by atoms with E-state index in [1.807, 2.05) is 0 Å². The van der Waals surface area contributed by atoms with E-state index in [1.54, 1.807) is 3.15 Å². The highest BCUT2D eigenvalue weighted by atomic mass is 127. The molecule has 0 amide bonds. The number of halogens is 1. The van der Waals surface area contributed by atoms with Crippen LogP contribution in [0.25, 0.3) is 5.57 Å². The molecule has 0 radical (unpaired) electrons. The van der Waals surface area contributed by atoms with E-state index in [1.165, 1.54) is 10.8 Å². The molecule has 0 fully saturated rings. The first kappa shape index (κ1) is 8.17. The average Bonchev–Trinajstić information content (AvgIpc) is 2.17. The largest absolute Gasteiger partial charge is 0.0850 e. The fourth-order valence-electron chi connectivity index (χ4n) is 1.39. The van der Waals surface area contributed by atoms with Crippen LogP contribution < -0.4 is 5.22 Å². The number of hydrogen-bond acceptors (Lipinski definition) is 0. The van der Waals surface area contributed by atoms with Crippen LogP contribution in [0.4, 0.5) is 0 Å². The summed E-state index contributed by atoms with van der Waals surface area (Å²) in [6.45, 7) is 2.22. The van der Waals surface area contributed by atoms with Crippen molar-refractivity contribution in [3.05, 3.63) is 42.8 Å². The molecule has 1 aliphatic rings. The van der Waals surface area contributed by atoms with Crippen LogP contribution in [0.15, 0.2) is 34.4 Å². The van der Waals surface area contributed by atoms with Gasteiger partial charge in [0, 0.05) is 3.15 Å². The molecular formula is C11H11I. The lowest BCUT2D eigenvalue weighted by Crippen LogP contribution is -2.06. The standard InChI is InChI=1S/C11H11I/c1-2-9-7-8-12-11-6-4-3-5-10(9)11/h3-8H,2H2,1H3. The molecule has 12 heavy (non-hydrogen) atoms. The Morgan fingerprint density at radius 3 is 2.92 bits per heavy atom. The molecule has 1 aromatic carbocycles. The lowest BCUT2D eigenvalue weighted by Gasteiger charge is -2.01. The maximum absolute atomic E-state index is 2.36. The second-order valence-electron chi connectivity index (χ2n) is 2.76. The quantitative estimate of drug-likeness (QED) is 0.688. The molecular weight excluding hydrogens is 259 g/mol. The predicted molar refractivity (Wildman–Crippen MR) is 61.8 cm³/mol. The number of rotatable bonds is 1. The Morgan fingerprint density at radius 1 is 1.25 bits per heavy atom. The van der Waals surface area contributed by atoms with Crippen LogP contribution in [0.2, 0.25) is 0 Å². The molecule has 2 rings (SSSR count). The smallest absolute Gasteiger partial charge is 0.0152 e. The third-order valence-electron chi connectivity index (χ3n) is 2.05. The molecule has 1 aromatic rings. The minimum absolute atomic E-state index is 0.160. The summed E-state index contributed by atoms with van der Waals surface area (Å²) in [7, 11) is 0. The zero-order valence-corrected chi connectivity index (χ0v) is 9.21. The highest BCUT2D eigenvalue weighted by Crippen LogP contribution is 2.14. The summed E-state index contributed by atoms with van der Waals surface area (Å²) in [6, 6.07) is 8.79. The fraction of sp³-hybridized carbons (Fsp3) is 0.182. The maximum atomic E-state index is 2.36. The molecule has 0 saturated heterocycles. The Hall–Kier alpha value is -0.440. The first-order valence-corrected chi connectivity index (χ1v) is 6.49. The second kappa shape index (κ2) is 3.52. The van der Waals surface area contributed by atoms with Gasteiger partial charge in [-0.1, -0.05) is 51.9 Å². The Bertz CT molecular complexity index is 427. The van der Waals surface area contributed by atoms with Crippen LogP contribution in [0.5, 0.6) is 0 Å². The van der Waals surface area contributed by atoms with Gasteiger partial charge in [0.2, 0.25) is 0 Å². The van der Waals surface area contributed by atoms with Gasteiger partial charge in [-0.3, -0.25) is 0 Å². The molecule has 1 aliphatic heterocycles. The summed E-state index contributed by atoms with van der Waals surface area (Å²) < 4.78 is 3.94. The van der Waals surface area contributed by atoms with Gasteiger partial charge < -0.3 is 0 Å². The van der Waals surface area contributed by atoms with Crippen molar-refractivity contribution in [2.45, 2.75) is 13.3 Å². The third-order valence-corrected chi connectivity index (χ3v) is 4.38. The van der Waals surface area contributed by atoms with E-state index in [0.29, 0.717) is 0 Å². The molecule has 1 heterocycles. The van der Waals surface area contributed by atoms with Crippen molar-refractivity contribution >= 4 is 26.3 Å². The van der Waals surface area contributed by atoms with Crippen LogP contribution in [0.3, 0.4) is 0 Å². The number of fused-ring (bicyclic) bond motifs is 1. The SMILES string of the molecule is CCC1=c2ccccc2=IC=C1. The summed E-state index contributed by atoms with van der Waals surface area (Å²) in [5.74, 6) is 0. The van der Waals surface area contributed by atoms with Crippen molar-refractivity contribution in [2.75, 3.05) is 0 Å². The van der Waals surface area contributed by atoms with Crippen LogP contribution in [-0.2, 0) is 0 Å². The molecule has 62 valence electrons. The molecule has 0 nitrogen and oxygen atoms in total. The molecule has 0 spiro atoms. The van der Waals surface area contributed by atoms with Crippen molar-refractivity contribution in [3.63, 3.8) is 0 Å². The van der Waals surface area contributed by atoms with Crippen molar-refractivity contribution in [1.29, 1.82) is 0 Å². The Kier molecular flexibility index (Phi) is 2.40. The zero-order chi connectivity index (χ0) is 8.39. The molecule has 0 N–H and O–H groups in total. The highest BCUT2D eigenvalue weighted by molar-refractivity contribution is 14.2. The van der Waals surface area contributed by atoms with E-state index in [0.717, 1.165) is 6.42 Å². The van der Waals surface area contributed by atoms with Crippen molar-refractivity contribution in [3.8, 4) is 0 Å². The lowest BCUT2D eigenvalue weighted by molar-refractivity contribution is 1.24.